The molecule has 4 rings (SSSR count). The zero-order valence-electron chi connectivity index (χ0n) is 14.5. The van der Waals surface area contributed by atoms with Gasteiger partial charge < -0.3 is 9.47 Å². The number of Topliss-reactive ketones (excluding diaryl/α,β-unsaturated/α-hetero) is 1. The minimum atomic E-state index is -0.516. The van der Waals surface area contributed by atoms with Crippen molar-refractivity contribution in [3.05, 3.63) is 41.2 Å². The molecule has 1 aromatic rings. The molecule has 0 radical (unpaired) electrons. The molecule has 5 heteroatoms. The summed E-state index contributed by atoms with van der Waals surface area (Å²) in [5.41, 5.74) is 1.22. The van der Waals surface area contributed by atoms with Gasteiger partial charge in [-0.15, -0.1) is 9.24 Å². The first kappa shape index (κ1) is 17.3. The first-order valence-corrected chi connectivity index (χ1v) is 9.61. The summed E-state index contributed by atoms with van der Waals surface area (Å²) in [5, 5.41) is -0.491. The number of halogens is 1. The Labute approximate surface area is 150 Å². The van der Waals surface area contributed by atoms with Crippen LogP contribution in [0.5, 0.6) is 0 Å². The minimum absolute atomic E-state index is 0.136. The van der Waals surface area contributed by atoms with E-state index in [-0.39, 0.29) is 23.4 Å². The molecule has 0 aromatic heterocycles. The van der Waals surface area contributed by atoms with Crippen LogP contribution in [-0.2, 0) is 14.3 Å². The van der Waals surface area contributed by atoms with E-state index in [9.17, 15) is 9.18 Å². The van der Waals surface area contributed by atoms with Gasteiger partial charge in [0, 0.05) is 17.9 Å². The van der Waals surface area contributed by atoms with E-state index in [2.05, 4.69) is 16.2 Å². The van der Waals surface area contributed by atoms with E-state index in [4.69, 9.17) is 9.47 Å². The summed E-state index contributed by atoms with van der Waals surface area (Å²) >= 11 is 0. The molecule has 2 saturated carbocycles. The van der Waals surface area contributed by atoms with Gasteiger partial charge in [0.25, 0.3) is 0 Å². The van der Waals surface area contributed by atoms with Crippen molar-refractivity contribution in [3.8, 4) is 0 Å². The first-order valence-electron chi connectivity index (χ1n) is 9.03. The quantitative estimate of drug-likeness (QED) is 0.560. The molecule has 2 aliphatic carbocycles. The van der Waals surface area contributed by atoms with E-state index < -0.39 is 10.9 Å². The van der Waals surface area contributed by atoms with Crippen molar-refractivity contribution in [2.24, 2.45) is 11.8 Å². The van der Waals surface area contributed by atoms with Crippen LogP contribution in [0.3, 0.4) is 0 Å². The second kappa shape index (κ2) is 6.26. The average molecular weight is 362 g/mol. The van der Waals surface area contributed by atoms with Gasteiger partial charge in [0.15, 0.2) is 11.6 Å². The zero-order chi connectivity index (χ0) is 17.7. The second-order valence-corrected chi connectivity index (χ2v) is 8.53. The molecule has 134 valence electrons. The highest BCUT2D eigenvalue weighted by molar-refractivity contribution is 7.21. The van der Waals surface area contributed by atoms with E-state index in [0.29, 0.717) is 25.2 Å². The van der Waals surface area contributed by atoms with Gasteiger partial charge in [0.05, 0.1) is 18.4 Å². The third kappa shape index (κ3) is 2.70. The lowest BCUT2D eigenvalue weighted by Gasteiger charge is -2.53. The number of fused-ring (bicyclic) bond motifs is 1. The molecule has 1 spiro atoms. The molecular weight excluding hydrogens is 338 g/mol. The van der Waals surface area contributed by atoms with Crippen molar-refractivity contribution < 1.29 is 18.7 Å². The highest BCUT2D eigenvalue weighted by atomic mass is 31.0. The van der Waals surface area contributed by atoms with Crippen LogP contribution in [0, 0.1) is 17.7 Å². The van der Waals surface area contributed by atoms with Gasteiger partial charge in [-0.1, -0.05) is 25.1 Å². The largest absolute Gasteiger partial charge is 0.347 e. The van der Waals surface area contributed by atoms with Crippen LogP contribution in [0.2, 0.25) is 0 Å². The number of hydrogen-bond acceptors (Lipinski definition) is 3. The Morgan fingerprint density at radius 1 is 1.24 bits per heavy atom. The van der Waals surface area contributed by atoms with E-state index in [0.717, 1.165) is 24.8 Å². The molecule has 3 fully saturated rings. The maximum Gasteiger partial charge on any atom is 0.171 e. The molecule has 0 N–H and O–H groups in total. The smallest absolute Gasteiger partial charge is 0.171 e. The van der Waals surface area contributed by atoms with Gasteiger partial charge in [-0.05, 0) is 42.9 Å². The number of allylic oxidation sites excluding steroid dienone is 1. The van der Waals surface area contributed by atoms with Gasteiger partial charge in [-0.2, -0.15) is 0 Å². The van der Waals surface area contributed by atoms with Crippen molar-refractivity contribution in [1.29, 1.82) is 0 Å². The predicted octanol–water partition coefficient (Wildman–Crippen LogP) is 3.98. The lowest BCUT2D eigenvalue weighted by atomic mass is 9.61. The molecule has 1 aliphatic heterocycles. The van der Waals surface area contributed by atoms with Crippen LogP contribution < -0.4 is 0 Å². The molecule has 25 heavy (non-hydrogen) atoms. The third-order valence-electron chi connectivity index (χ3n) is 6.30. The van der Waals surface area contributed by atoms with E-state index >= 15 is 0 Å². The lowest BCUT2D eigenvalue weighted by molar-refractivity contribution is -0.227. The van der Waals surface area contributed by atoms with Crippen LogP contribution in [0.4, 0.5) is 4.39 Å². The number of ketones is 1. The second-order valence-electron chi connectivity index (χ2n) is 7.50. The zero-order valence-corrected chi connectivity index (χ0v) is 15.6. The molecule has 4 atom stereocenters. The summed E-state index contributed by atoms with van der Waals surface area (Å²) in [7, 11) is 2.84. The molecule has 3 nitrogen and oxygen atoms in total. The van der Waals surface area contributed by atoms with Gasteiger partial charge in [-0.25, -0.2) is 4.39 Å². The fourth-order valence-electron chi connectivity index (χ4n) is 4.86. The monoisotopic (exact) mass is 362 g/mol. The van der Waals surface area contributed by atoms with E-state index in [1.807, 2.05) is 0 Å². The summed E-state index contributed by atoms with van der Waals surface area (Å²) in [6, 6.07) is 6.61. The molecule has 0 bridgehead atoms. The molecule has 1 heterocycles. The number of rotatable bonds is 1. The highest BCUT2D eigenvalue weighted by Gasteiger charge is 2.59. The Morgan fingerprint density at radius 3 is 2.68 bits per heavy atom. The Balaban J connectivity index is 1.63. The van der Waals surface area contributed by atoms with Crippen LogP contribution in [0.25, 0.3) is 6.08 Å². The standard InChI is InChI=1S/C20H24FO3P/c1-13-16-7-6-15(12-14-4-2-3-5-17(14)21)18(22)19(16,25)8-9-20(13)23-10-11-24-20/h2-5,12-13,16H,6-11,25H2,1H3/b15-12+/t13-,16-,19+/m1/s1. The fourth-order valence-corrected chi connectivity index (χ4v) is 5.64. The van der Waals surface area contributed by atoms with Gasteiger partial charge >= 0.3 is 0 Å². The van der Waals surface area contributed by atoms with Gasteiger partial charge in [0.1, 0.15) is 5.82 Å². The topological polar surface area (TPSA) is 35.5 Å². The van der Waals surface area contributed by atoms with Crippen LogP contribution >= 0.6 is 9.24 Å². The maximum absolute atomic E-state index is 14.0. The number of ether oxygens (including phenoxy) is 2. The molecule has 0 amide bonds. The van der Waals surface area contributed by atoms with Crippen molar-refractivity contribution in [2.45, 2.75) is 43.6 Å². The normalized spacial score (nSPS) is 36.0. The first-order chi connectivity index (χ1) is 12.0. The summed E-state index contributed by atoms with van der Waals surface area (Å²) in [6.07, 6.45) is 4.75. The maximum atomic E-state index is 14.0. The molecule has 1 saturated heterocycles. The SMILES string of the molecule is C[C@@H]1[C@H]2CC/C(=C\c3ccccc3F)C(=O)[C@]2(P)CCC12OCCO2. The summed E-state index contributed by atoms with van der Waals surface area (Å²) in [4.78, 5) is 13.3. The van der Waals surface area contributed by atoms with Crippen molar-refractivity contribution >= 4 is 21.1 Å². The molecule has 1 aromatic carbocycles. The fraction of sp³-hybridized carbons (Fsp3) is 0.550. The summed E-state index contributed by atoms with van der Waals surface area (Å²) in [5.74, 6) is -0.296. The highest BCUT2D eigenvalue weighted by Crippen LogP contribution is 2.56. The molecular formula is C20H24FO3P. The van der Waals surface area contributed by atoms with Gasteiger partial charge in [0.2, 0.25) is 0 Å². The van der Waals surface area contributed by atoms with E-state index in [1.165, 1.54) is 6.07 Å². The number of carbonyl (C=O) groups is 1. The Bertz CT molecular complexity index is 725. The summed E-state index contributed by atoms with van der Waals surface area (Å²) in [6.45, 7) is 3.41. The van der Waals surface area contributed by atoms with Crippen molar-refractivity contribution in [1.82, 2.24) is 0 Å². The Morgan fingerprint density at radius 2 is 1.96 bits per heavy atom. The third-order valence-corrected chi connectivity index (χ3v) is 7.28. The van der Waals surface area contributed by atoms with Gasteiger partial charge in [-0.3, -0.25) is 4.79 Å². The Kier molecular flexibility index (Phi) is 4.34. The number of carbonyl (C=O) groups excluding carboxylic acids is 1. The molecule has 3 aliphatic rings. The number of benzene rings is 1. The van der Waals surface area contributed by atoms with Crippen molar-refractivity contribution in [3.63, 3.8) is 0 Å². The molecule has 1 unspecified atom stereocenters. The predicted molar refractivity (Wildman–Crippen MR) is 97.6 cm³/mol. The lowest BCUT2D eigenvalue weighted by Crippen LogP contribution is -2.58. The minimum Gasteiger partial charge on any atom is -0.347 e. The number of hydrogen-bond donors (Lipinski definition) is 0. The summed E-state index contributed by atoms with van der Waals surface area (Å²) < 4.78 is 25.9. The van der Waals surface area contributed by atoms with Crippen molar-refractivity contribution in [2.75, 3.05) is 13.2 Å². The van der Waals surface area contributed by atoms with Crippen LogP contribution in [0.15, 0.2) is 29.8 Å². The van der Waals surface area contributed by atoms with Crippen LogP contribution in [-0.4, -0.2) is 29.9 Å². The Hall–Kier alpha value is -1.09. The van der Waals surface area contributed by atoms with Crippen LogP contribution in [0.1, 0.15) is 38.2 Å². The van der Waals surface area contributed by atoms with E-state index in [1.54, 1.807) is 24.3 Å². The average Bonchev–Trinajstić information content (AvgIpc) is 3.08.